The molecule has 2 amide bonds. The van der Waals surface area contributed by atoms with Crippen molar-refractivity contribution in [3.05, 3.63) is 99.5 Å². The summed E-state index contributed by atoms with van der Waals surface area (Å²) in [5, 5.41) is 4.84. The largest absolute Gasteiger partial charge is 0.295 e. The van der Waals surface area contributed by atoms with Crippen LogP contribution in [0.3, 0.4) is 0 Å². The Kier molecular flexibility index (Phi) is 6.61. The Balaban J connectivity index is 1.45. The van der Waals surface area contributed by atoms with Gasteiger partial charge in [0.2, 0.25) is 5.91 Å². The molecule has 1 aliphatic rings. The van der Waals surface area contributed by atoms with Gasteiger partial charge in [-0.05, 0) is 42.0 Å². The van der Waals surface area contributed by atoms with Crippen molar-refractivity contribution in [3.63, 3.8) is 0 Å². The Morgan fingerprint density at radius 3 is 2.52 bits per heavy atom. The van der Waals surface area contributed by atoms with Crippen molar-refractivity contribution in [2.24, 2.45) is 5.10 Å². The molecule has 156 valence electrons. The third-order valence-corrected chi connectivity index (χ3v) is 6.47. The van der Waals surface area contributed by atoms with E-state index in [1.165, 1.54) is 6.21 Å². The number of hydrogen-bond donors (Lipinski definition) is 1. The van der Waals surface area contributed by atoms with Gasteiger partial charge in [-0.15, -0.1) is 11.8 Å². The number of amides is 2. The van der Waals surface area contributed by atoms with Crippen LogP contribution in [0.1, 0.15) is 26.9 Å². The van der Waals surface area contributed by atoms with Crippen molar-refractivity contribution in [1.29, 1.82) is 0 Å². The summed E-state index contributed by atoms with van der Waals surface area (Å²) in [6, 6.07) is 21.8. The van der Waals surface area contributed by atoms with Crippen molar-refractivity contribution >= 4 is 58.7 Å². The van der Waals surface area contributed by atoms with Crippen LogP contribution in [0, 0.1) is 0 Å². The van der Waals surface area contributed by atoms with Gasteiger partial charge >= 0.3 is 0 Å². The summed E-state index contributed by atoms with van der Waals surface area (Å²) in [6.07, 6.45) is 1.45. The molecule has 1 unspecified atom stereocenters. The molecule has 4 rings (SSSR count). The topological polar surface area (TPSA) is 61.8 Å². The third-order valence-electron chi connectivity index (χ3n) is 4.69. The minimum absolute atomic E-state index is 0.0421. The number of benzene rings is 3. The van der Waals surface area contributed by atoms with E-state index in [4.69, 9.17) is 23.2 Å². The summed E-state index contributed by atoms with van der Waals surface area (Å²) >= 11 is 13.5. The van der Waals surface area contributed by atoms with Crippen molar-refractivity contribution < 1.29 is 9.59 Å². The summed E-state index contributed by atoms with van der Waals surface area (Å²) in [4.78, 5) is 26.6. The maximum Gasteiger partial charge on any atom is 0.271 e. The lowest BCUT2D eigenvalue weighted by molar-refractivity contribution is -0.115. The number of carbonyl (C=O) groups is 2. The average Bonchev–Trinajstić information content (AvgIpc) is 3.17. The molecule has 1 fully saturated rings. The molecule has 0 aliphatic carbocycles. The van der Waals surface area contributed by atoms with Gasteiger partial charge in [0.15, 0.2) is 0 Å². The number of thioether (sulfide) groups is 1. The highest BCUT2D eigenvalue weighted by Crippen LogP contribution is 2.41. The molecule has 1 saturated heterocycles. The number of carbonyl (C=O) groups excluding carboxylic acids is 2. The number of rotatable bonds is 5. The first-order chi connectivity index (χ1) is 15.0. The lowest BCUT2D eigenvalue weighted by Gasteiger charge is -2.24. The molecule has 5 nitrogen and oxygen atoms in total. The molecule has 0 aromatic heterocycles. The molecule has 1 atom stereocenters. The van der Waals surface area contributed by atoms with E-state index in [2.05, 4.69) is 10.5 Å². The first kappa shape index (κ1) is 21.4. The van der Waals surface area contributed by atoms with Crippen LogP contribution in [0.5, 0.6) is 0 Å². The number of halogens is 2. The summed E-state index contributed by atoms with van der Waals surface area (Å²) in [7, 11) is 0. The number of hydrazone groups is 1. The van der Waals surface area contributed by atoms with Gasteiger partial charge in [0.05, 0.1) is 17.0 Å². The summed E-state index contributed by atoms with van der Waals surface area (Å²) in [6.45, 7) is 0. The van der Waals surface area contributed by atoms with Gasteiger partial charge in [0.25, 0.3) is 5.91 Å². The molecule has 1 heterocycles. The number of nitrogens with zero attached hydrogens (tertiary/aromatic N) is 2. The monoisotopic (exact) mass is 469 g/mol. The zero-order valence-electron chi connectivity index (χ0n) is 16.2. The molecule has 0 radical (unpaired) electrons. The van der Waals surface area contributed by atoms with E-state index in [1.807, 2.05) is 30.3 Å². The summed E-state index contributed by atoms with van der Waals surface area (Å²) < 4.78 is 0. The average molecular weight is 470 g/mol. The molecule has 3 aromatic carbocycles. The van der Waals surface area contributed by atoms with E-state index < -0.39 is 0 Å². The van der Waals surface area contributed by atoms with E-state index in [9.17, 15) is 9.59 Å². The van der Waals surface area contributed by atoms with Crippen molar-refractivity contribution in [3.8, 4) is 0 Å². The lowest BCUT2D eigenvalue weighted by atomic mass is 10.1. The molecule has 3 aromatic rings. The van der Waals surface area contributed by atoms with E-state index in [0.29, 0.717) is 26.9 Å². The summed E-state index contributed by atoms with van der Waals surface area (Å²) in [5.74, 6) is 0.0964. The van der Waals surface area contributed by atoms with Gasteiger partial charge < -0.3 is 0 Å². The fourth-order valence-electron chi connectivity index (χ4n) is 3.17. The molecule has 8 heteroatoms. The quantitative estimate of drug-likeness (QED) is 0.394. The van der Waals surface area contributed by atoms with E-state index in [-0.39, 0.29) is 17.2 Å². The van der Waals surface area contributed by atoms with E-state index in [0.717, 1.165) is 11.3 Å². The molecule has 0 saturated carbocycles. The fraction of sp³-hybridized carbons (Fsp3) is 0.0870. The van der Waals surface area contributed by atoms with Crippen molar-refractivity contribution in [2.75, 3.05) is 10.7 Å². The molecular formula is C23H17Cl2N3O2S. The first-order valence-corrected chi connectivity index (χ1v) is 11.2. The molecular weight excluding hydrogens is 453 g/mol. The molecule has 0 spiro atoms. The molecule has 1 aliphatic heterocycles. The van der Waals surface area contributed by atoms with Crippen LogP contribution in [-0.4, -0.2) is 23.8 Å². The van der Waals surface area contributed by atoms with Crippen LogP contribution in [0.2, 0.25) is 10.0 Å². The second-order valence-electron chi connectivity index (χ2n) is 6.75. The Bertz CT molecular complexity index is 1140. The fourth-order valence-corrected chi connectivity index (χ4v) is 4.81. The van der Waals surface area contributed by atoms with Crippen LogP contribution in [0.15, 0.2) is 77.9 Å². The van der Waals surface area contributed by atoms with Gasteiger partial charge in [0, 0.05) is 21.8 Å². The second kappa shape index (κ2) is 9.56. The molecule has 0 bridgehead atoms. The standard InChI is InChI=1S/C23H17Cl2N3O2S/c24-18-9-6-17(20(25)12-18)13-26-27-22(30)15-7-10-19(11-8-15)28-21(29)14-31-23(28)16-4-2-1-3-5-16/h1-13,23H,14H2,(H,27,30). The highest BCUT2D eigenvalue weighted by atomic mass is 35.5. The Hall–Kier alpha value is -2.80. The van der Waals surface area contributed by atoms with Gasteiger partial charge in [-0.3, -0.25) is 14.5 Å². The third kappa shape index (κ3) is 4.93. The minimum atomic E-state index is -0.366. The minimum Gasteiger partial charge on any atom is -0.295 e. The Morgan fingerprint density at radius 1 is 1.06 bits per heavy atom. The van der Waals surface area contributed by atoms with Crippen molar-refractivity contribution in [1.82, 2.24) is 5.43 Å². The number of nitrogens with one attached hydrogen (secondary N) is 1. The first-order valence-electron chi connectivity index (χ1n) is 9.40. The van der Waals surface area contributed by atoms with Crippen LogP contribution >= 0.6 is 35.0 Å². The maximum absolute atomic E-state index is 12.5. The summed E-state index contributed by atoms with van der Waals surface area (Å²) in [5.41, 5.74) is 5.36. The Morgan fingerprint density at radius 2 is 1.81 bits per heavy atom. The van der Waals surface area contributed by atoms with Crippen molar-refractivity contribution in [2.45, 2.75) is 5.37 Å². The van der Waals surface area contributed by atoms with E-state index >= 15 is 0 Å². The smallest absolute Gasteiger partial charge is 0.271 e. The normalized spacial score (nSPS) is 16.1. The maximum atomic E-state index is 12.5. The van der Waals surface area contributed by atoms with Gasteiger partial charge in [-0.1, -0.05) is 59.6 Å². The van der Waals surface area contributed by atoms with Gasteiger partial charge in [0.1, 0.15) is 5.37 Å². The highest BCUT2D eigenvalue weighted by molar-refractivity contribution is 8.00. The zero-order valence-corrected chi connectivity index (χ0v) is 18.5. The van der Waals surface area contributed by atoms with Gasteiger partial charge in [-0.25, -0.2) is 5.43 Å². The van der Waals surface area contributed by atoms with Crippen LogP contribution in [0.4, 0.5) is 5.69 Å². The van der Waals surface area contributed by atoms with Crippen LogP contribution < -0.4 is 10.3 Å². The molecule has 1 N–H and O–H groups in total. The number of anilines is 1. The van der Waals surface area contributed by atoms with Crippen LogP contribution in [0.25, 0.3) is 0 Å². The van der Waals surface area contributed by atoms with E-state index in [1.54, 1.807) is 59.1 Å². The highest BCUT2D eigenvalue weighted by Gasteiger charge is 2.33. The SMILES string of the molecule is O=C(NN=Cc1ccc(Cl)cc1Cl)c1ccc(N2C(=O)CSC2c2ccccc2)cc1. The predicted octanol–water partition coefficient (Wildman–Crippen LogP) is 5.54. The predicted molar refractivity (Wildman–Crippen MR) is 127 cm³/mol. The Labute approximate surface area is 194 Å². The second-order valence-corrected chi connectivity index (χ2v) is 8.66. The number of hydrogen-bond acceptors (Lipinski definition) is 4. The van der Waals surface area contributed by atoms with Gasteiger partial charge in [-0.2, -0.15) is 5.10 Å². The lowest BCUT2D eigenvalue weighted by Crippen LogP contribution is -2.28. The zero-order chi connectivity index (χ0) is 21.8. The van der Waals surface area contributed by atoms with Crippen LogP contribution in [-0.2, 0) is 4.79 Å². The molecule has 31 heavy (non-hydrogen) atoms.